The van der Waals surface area contributed by atoms with E-state index in [4.69, 9.17) is 15.9 Å². The number of benzene rings is 1. The molecule has 0 spiro atoms. The molecule has 0 radical (unpaired) electrons. The van der Waals surface area contributed by atoms with Gasteiger partial charge in [-0.15, -0.1) is 0 Å². The van der Waals surface area contributed by atoms with Gasteiger partial charge >= 0.3 is 0 Å². The van der Waals surface area contributed by atoms with Crippen LogP contribution in [0.1, 0.15) is 21.5 Å². The molecule has 3 aromatic heterocycles. The lowest BCUT2D eigenvalue weighted by atomic mass is 10.1. The highest BCUT2D eigenvalue weighted by molar-refractivity contribution is 6.03. The van der Waals surface area contributed by atoms with E-state index >= 15 is 0 Å². The van der Waals surface area contributed by atoms with Gasteiger partial charge in [-0.1, -0.05) is 6.07 Å². The first kappa shape index (κ1) is 18.3. The van der Waals surface area contributed by atoms with Crippen LogP contribution in [0.4, 0.5) is 5.82 Å². The molecule has 0 unspecified atom stereocenters. The van der Waals surface area contributed by atoms with Crippen LogP contribution in [0.15, 0.2) is 53.2 Å². The van der Waals surface area contributed by atoms with Crippen molar-refractivity contribution in [3.05, 3.63) is 65.5 Å². The third kappa shape index (κ3) is 3.00. The number of amides is 1. The van der Waals surface area contributed by atoms with Crippen LogP contribution in [0.25, 0.3) is 28.5 Å². The fraction of sp³-hybridized carbons (Fsp3) is 0.0952. The number of anilines is 1. The number of primary amides is 1. The summed E-state index contributed by atoms with van der Waals surface area (Å²) in [7, 11) is 0. The van der Waals surface area contributed by atoms with E-state index in [9.17, 15) is 9.90 Å². The Hall–Kier alpha value is -4.07. The monoisotopic (exact) mass is 389 g/mol. The van der Waals surface area contributed by atoms with Crippen LogP contribution in [0, 0.1) is 13.8 Å². The largest absolute Gasteiger partial charge is 0.508 e. The van der Waals surface area contributed by atoms with Crippen LogP contribution in [0.5, 0.6) is 5.75 Å². The van der Waals surface area contributed by atoms with Crippen molar-refractivity contribution in [3.63, 3.8) is 0 Å². The molecule has 4 aromatic rings. The van der Waals surface area contributed by atoms with Crippen molar-refractivity contribution in [3.8, 4) is 34.2 Å². The zero-order valence-electron chi connectivity index (χ0n) is 15.9. The van der Waals surface area contributed by atoms with E-state index in [1.165, 1.54) is 4.68 Å². The number of nitrogens with two attached hydrogens (primary N) is 2. The number of carbonyl (C=O) groups excluding carboxylic acids is 1. The molecule has 8 heteroatoms. The number of rotatable bonds is 4. The number of furan rings is 1. The van der Waals surface area contributed by atoms with Crippen LogP contribution in [-0.2, 0) is 0 Å². The maximum Gasteiger partial charge on any atom is 0.254 e. The third-order valence-electron chi connectivity index (χ3n) is 4.79. The van der Waals surface area contributed by atoms with E-state index in [1.807, 2.05) is 19.1 Å². The average molecular weight is 389 g/mol. The molecule has 0 bridgehead atoms. The fourth-order valence-electron chi connectivity index (χ4n) is 3.30. The second-order valence-electron chi connectivity index (χ2n) is 6.66. The second-order valence-corrected chi connectivity index (χ2v) is 6.66. The molecule has 5 N–H and O–H groups in total. The zero-order valence-corrected chi connectivity index (χ0v) is 15.9. The number of phenols is 1. The van der Waals surface area contributed by atoms with Crippen molar-refractivity contribution in [2.45, 2.75) is 13.8 Å². The number of aryl methyl sites for hydroxylation is 1. The van der Waals surface area contributed by atoms with Gasteiger partial charge in [0.1, 0.15) is 28.6 Å². The molecular weight excluding hydrogens is 370 g/mol. The summed E-state index contributed by atoms with van der Waals surface area (Å²) in [5.41, 5.74) is 15.0. The Bertz CT molecular complexity index is 1220. The topological polar surface area (TPSA) is 133 Å². The molecule has 3 heterocycles. The number of pyridine rings is 1. The minimum Gasteiger partial charge on any atom is -0.508 e. The van der Waals surface area contributed by atoms with E-state index in [0.717, 1.165) is 11.1 Å². The van der Waals surface area contributed by atoms with Crippen molar-refractivity contribution < 1.29 is 14.3 Å². The van der Waals surface area contributed by atoms with Crippen LogP contribution >= 0.6 is 0 Å². The minimum absolute atomic E-state index is 0.0581. The van der Waals surface area contributed by atoms with Gasteiger partial charge in [0.2, 0.25) is 0 Å². The lowest BCUT2D eigenvalue weighted by Gasteiger charge is -2.12. The number of aromatic nitrogens is 3. The number of hydrogen-bond acceptors (Lipinski definition) is 6. The first-order valence-corrected chi connectivity index (χ1v) is 8.87. The summed E-state index contributed by atoms with van der Waals surface area (Å²) in [6.45, 7) is 3.61. The van der Waals surface area contributed by atoms with Crippen molar-refractivity contribution in [2.24, 2.45) is 5.73 Å². The van der Waals surface area contributed by atoms with Gasteiger partial charge in [-0.05, 0) is 49.7 Å². The maximum absolute atomic E-state index is 12.2. The van der Waals surface area contributed by atoms with E-state index in [1.54, 1.807) is 43.6 Å². The molecule has 0 saturated carbocycles. The highest BCUT2D eigenvalue weighted by Crippen LogP contribution is 2.35. The smallest absolute Gasteiger partial charge is 0.254 e. The average Bonchev–Trinajstić information content (AvgIpc) is 3.31. The molecular formula is C21H19N5O3. The summed E-state index contributed by atoms with van der Waals surface area (Å²) in [5.74, 6) is 0.398. The second kappa shape index (κ2) is 6.83. The van der Waals surface area contributed by atoms with Crippen LogP contribution in [0.3, 0.4) is 0 Å². The summed E-state index contributed by atoms with van der Waals surface area (Å²) in [6, 6.07) is 10.4. The molecule has 0 atom stereocenters. The minimum atomic E-state index is -0.721. The van der Waals surface area contributed by atoms with E-state index in [2.05, 4.69) is 10.1 Å². The fourth-order valence-corrected chi connectivity index (χ4v) is 3.30. The molecule has 0 aliphatic heterocycles. The van der Waals surface area contributed by atoms with E-state index in [0.29, 0.717) is 22.8 Å². The normalized spacial score (nSPS) is 11.0. The molecule has 1 aromatic carbocycles. The Labute approximate surface area is 166 Å². The quantitative estimate of drug-likeness (QED) is 0.491. The van der Waals surface area contributed by atoms with Crippen molar-refractivity contribution in [1.29, 1.82) is 0 Å². The van der Waals surface area contributed by atoms with Crippen LogP contribution in [-0.4, -0.2) is 25.8 Å². The highest BCUT2D eigenvalue weighted by Gasteiger charge is 2.26. The lowest BCUT2D eigenvalue weighted by Crippen LogP contribution is -2.14. The molecule has 0 saturated heterocycles. The van der Waals surface area contributed by atoms with Gasteiger partial charge < -0.3 is 21.0 Å². The predicted molar refractivity (Wildman–Crippen MR) is 109 cm³/mol. The molecule has 1 amide bonds. The summed E-state index contributed by atoms with van der Waals surface area (Å²) < 4.78 is 7.33. The number of nitrogens with zero attached hydrogens (tertiary/aromatic N) is 3. The number of aromatic hydroxyl groups is 1. The van der Waals surface area contributed by atoms with E-state index < -0.39 is 5.91 Å². The zero-order chi connectivity index (χ0) is 20.7. The highest BCUT2D eigenvalue weighted by atomic mass is 16.3. The summed E-state index contributed by atoms with van der Waals surface area (Å²) >= 11 is 0. The third-order valence-corrected chi connectivity index (χ3v) is 4.79. The van der Waals surface area contributed by atoms with Gasteiger partial charge in [-0.2, -0.15) is 5.10 Å². The molecule has 4 rings (SSSR count). The predicted octanol–water partition coefficient (Wildman–Crippen LogP) is 3.20. The van der Waals surface area contributed by atoms with Crippen LogP contribution < -0.4 is 11.5 Å². The number of phenolic OH excluding ortho intramolecular Hbond substituents is 1. The first-order chi connectivity index (χ1) is 13.9. The van der Waals surface area contributed by atoms with Crippen molar-refractivity contribution in [2.75, 3.05) is 5.73 Å². The standard InChI is InChI=1S/C21H19N5O3/c1-11-3-4-14(27)12(2)19(11)26-20(22)17(21(23)28)18(25-26)16-6-5-15(29-16)13-7-9-24-10-8-13/h3-10,27H,22H2,1-2H3,(H2,23,28). The molecule has 29 heavy (non-hydrogen) atoms. The Morgan fingerprint density at radius 1 is 1.07 bits per heavy atom. The molecule has 0 aliphatic rings. The van der Waals surface area contributed by atoms with Gasteiger partial charge in [0.25, 0.3) is 5.91 Å². The Kier molecular flexibility index (Phi) is 4.31. The summed E-state index contributed by atoms with van der Waals surface area (Å²) in [5, 5.41) is 14.6. The van der Waals surface area contributed by atoms with Gasteiger partial charge in [0.05, 0.1) is 5.69 Å². The molecule has 0 aliphatic carbocycles. The van der Waals surface area contributed by atoms with Gasteiger partial charge in [0.15, 0.2) is 5.76 Å². The van der Waals surface area contributed by atoms with Crippen molar-refractivity contribution >= 4 is 11.7 Å². The lowest BCUT2D eigenvalue weighted by molar-refractivity contribution is 0.100. The van der Waals surface area contributed by atoms with Gasteiger partial charge in [0, 0.05) is 23.5 Å². The first-order valence-electron chi connectivity index (χ1n) is 8.87. The van der Waals surface area contributed by atoms with Gasteiger partial charge in [-0.25, -0.2) is 4.68 Å². The number of carbonyl (C=O) groups is 1. The Morgan fingerprint density at radius 3 is 2.45 bits per heavy atom. The van der Waals surface area contributed by atoms with E-state index in [-0.39, 0.29) is 22.8 Å². The number of hydrogen-bond donors (Lipinski definition) is 3. The SMILES string of the molecule is Cc1ccc(O)c(C)c1-n1nc(-c2ccc(-c3ccncc3)o2)c(C(N)=O)c1N. The summed E-state index contributed by atoms with van der Waals surface area (Å²) in [6.07, 6.45) is 3.32. The van der Waals surface area contributed by atoms with Crippen molar-refractivity contribution in [1.82, 2.24) is 14.8 Å². The van der Waals surface area contributed by atoms with Gasteiger partial charge in [-0.3, -0.25) is 9.78 Å². The summed E-state index contributed by atoms with van der Waals surface area (Å²) in [4.78, 5) is 16.2. The molecule has 146 valence electrons. The number of nitrogen functional groups attached to an aromatic ring is 1. The maximum atomic E-state index is 12.2. The Balaban J connectivity index is 1.91. The Morgan fingerprint density at radius 2 is 1.76 bits per heavy atom. The van der Waals surface area contributed by atoms with Crippen LogP contribution in [0.2, 0.25) is 0 Å². The molecule has 8 nitrogen and oxygen atoms in total. The molecule has 0 fully saturated rings.